The van der Waals surface area contributed by atoms with Crippen molar-refractivity contribution in [3.8, 4) is 0 Å². The summed E-state index contributed by atoms with van der Waals surface area (Å²) in [6.45, 7) is 5.49. The summed E-state index contributed by atoms with van der Waals surface area (Å²) in [6.07, 6.45) is 1.15. The number of hydrogen-bond donors (Lipinski definition) is 3. The third kappa shape index (κ3) is 6.84. The molecule has 15 heavy (non-hydrogen) atoms. The fourth-order valence-electron chi connectivity index (χ4n) is 1.65. The van der Waals surface area contributed by atoms with E-state index < -0.39 is 6.10 Å². The lowest BCUT2D eigenvalue weighted by Crippen LogP contribution is -2.37. The summed E-state index contributed by atoms with van der Waals surface area (Å²) >= 11 is 0. The zero-order valence-electron chi connectivity index (χ0n) is 10.1. The van der Waals surface area contributed by atoms with E-state index in [0.717, 1.165) is 12.8 Å². The molecule has 4 heteroatoms. The predicted molar refractivity (Wildman–Crippen MR) is 60.8 cm³/mol. The Balaban J connectivity index is 3.57. The highest BCUT2D eigenvalue weighted by molar-refractivity contribution is 4.69. The number of methoxy groups -OCH3 is 1. The smallest absolute Gasteiger partial charge is 0.0897 e. The molecule has 0 spiro atoms. The Labute approximate surface area is 92.6 Å². The van der Waals surface area contributed by atoms with Gasteiger partial charge in [-0.1, -0.05) is 26.7 Å². The van der Waals surface area contributed by atoms with E-state index in [1.165, 1.54) is 0 Å². The summed E-state index contributed by atoms with van der Waals surface area (Å²) in [5.41, 5.74) is 0. The highest BCUT2D eigenvalue weighted by Gasteiger charge is 2.15. The summed E-state index contributed by atoms with van der Waals surface area (Å²) < 4.78 is 4.80. The molecule has 0 heterocycles. The second-order valence-corrected chi connectivity index (χ2v) is 3.91. The van der Waals surface area contributed by atoms with Crippen molar-refractivity contribution in [1.29, 1.82) is 0 Å². The fourth-order valence-corrected chi connectivity index (χ4v) is 1.65. The Kier molecular flexibility index (Phi) is 9.00. The van der Waals surface area contributed by atoms with Crippen molar-refractivity contribution in [2.75, 3.05) is 26.8 Å². The molecule has 0 aliphatic rings. The normalized spacial score (nSPS) is 15.6. The van der Waals surface area contributed by atoms with Gasteiger partial charge in [-0.15, -0.1) is 0 Å². The van der Waals surface area contributed by atoms with Gasteiger partial charge in [-0.3, -0.25) is 0 Å². The lowest BCUT2D eigenvalue weighted by Gasteiger charge is -2.21. The van der Waals surface area contributed by atoms with Crippen LogP contribution in [0.3, 0.4) is 0 Å². The molecule has 0 amide bonds. The van der Waals surface area contributed by atoms with E-state index in [4.69, 9.17) is 4.74 Å². The minimum atomic E-state index is -0.496. The van der Waals surface area contributed by atoms with Crippen LogP contribution in [-0.4, -0.2) is 49.2 Å². The molecule has 0 aliphatic carbocycles. The van der Waals surface area contributed by atoms with Crippen molar-refractivity contribution in [3.63, 3.8) is 0 Å². The molecule has 0 aromatic heterocycles. The molecule has 4 nitrogen and oxygen atoms in total. The van der Waals surface area contributed by atoms with Gasteiger partial charge in [-0.25, -0.2) is 0 Å². The van der Waals surface area contributed by atoms with Crippen molar-refractivity contribution in [1.82, 2.24) is 5.32 Å². The summed E-state index contributed by atoms with van der Waals surface area (Å²) in [4.78, 5) is 0. The van der Waals surface area contributed by atoms with Crippen LogP contribution in [0.1, 0.15) is 26.7 Å². The van der Waals surface area contributed by atoms with Crippen LogP contribution in [-0.2, 0) is 4.74 Å². The molecule has 0 saturated carbocycles. The maximum Gasteiger partial charge on any atom is 0.0897 e. The number of rotatable bonds is 9. The first kappa shape index (κ1) is 14.8. The molecule has 0 bridgehead atoms. The number of nitrogens with one attached hydrogen (secondary N) is 1. The number of aliphatic hydroxyl groups excluding tert-OH is 2. The summed E-state index contributed by atoms with van der Waals surface area (Å²) in [6, 6.07) is 0. The first-order chi connectivity index (χ1) is 7.15. The molecule has 0 rings (SSSR count). The minimum Gasteiger partial charge on any atom is -0.392 e. The lowest BCUT2D eigenvalue weighted by atomic mass is 9.96. The van der Waals surface area contributed by atoms with Gasteiger partial charge in [0.2, 0.25) is 0 Å². The molecular formula is C11H25NO3. The van der Waals surface area contributed by atoms with Gasteiger partial charge >= 0.3 is 0 Å². The maximum absolute atomic E-state index is 9.78. The standard InChI is InChI=1S/C11H25NO3/c1-4-9(5-2)11(14)7-12-6-10(13)8-15-3/h9-14H,4-8H2,1-3H3. The van der Waals surface area contributed by atoms with Crippen molar-refractivity contribution >= 4 is 0 Å². The van der Waals surface area contributed by atoms with Crippen LogP contribution in [0, 0.1) is 5.92 Å². The molecule has 3 N–H and O–H groups in total. The third-order valence-corrected chi connectivity index (χ3v) is 2.69. The van der Waals surface area contributed by atoms with Gasteiger partial charge in [0.25, 0.3) is 0 Å². The van der Waals surface area contributed by atoms with Gasteiger partial charge in [0.15, 0.2) is 0 Å². The van der Waals surface area contributed by atoms with Crippen LogP contribution in [0.25, 0.3) is 0 Å². The van der Waals surface area contributed by atoms with Crippen molar-refractivity contribution in [2.24, 2.45) is 5.92 Å². The first-order valence-corrected chi connectivity index (χ1v) is 5.71. The van der Waals surface area contributed by atoms with Crippen LogP contribution < -0.4 is 5.32 Å². The Hall–Kier alpha value is -0.160. The topological polar surface area (TPSA) is 61.7 Å². The van der Waals surface area contributed by atoms with Crippen LogP contribution in [0.4, 0.5) is 0 Å². The van der Waals surface area contributed by atoms with Gasteiger partial charge < -0.3 is 20.3 Å². The van der Waals surface area contributed by atoms with E-state index in [-0.39, 0.29) is 6.10 Å². The minimum absolute atomic E-state index is 0.324. The fraction of sp³-hybridized carbons (Fsp3) is 1.00. The van der Waals surface area contributed by atoms with Crippen molar-refractivity contribution < 1.29 is 14.9 Å². The van der Waals surface area contributed by atoms with Crippen LogP contribution in [0.2, 0.25) is 0 Å². The van der Waals surface area contributed by atoms with E-state index in [1.54, 1.807) is 7.11 Å². The van der Waals surface area contributed by atoms with Gasteiger partial charge in [0.1, 0.15) is 0 Å². The average Bonchev–Trinajstić information content (AvgIpc) is 2.20. The number of aliphatic hydroxyl groups is 2. The molecular weight excluding hydrogens is 194 g/mol. The van der Waals surface area contributed by atoms with Crippen LogP contribution in [0.5, 0.6) is 0 Å². The maximum atomic E-state index is 9.78. The molecule has 2 unspecified atom stereocenters. The number of ether oxygens (including phenoxy) is 1. The second-order valence-electron chi connectivity index (χ2n) is 3.91. The van der Waals surface area contributed by atoms with E-state index in [1.807, 2.05) is 0 Å². The van der Waals surface area contributed by atoms with Gasteiger partial charge in [0, 0.05) is 20.2 Å². The SMILES string of the molecule is CCC(CC)C(O)CNCC(O)COC. The van der Waals surface area contributed by atoms with Gasteiger partial charge in [-0.05, 0) is 5.92 Å². The third-order valence-electron chi connectivity index (χ3n) is 2.69. The largest absolute Gasteiger partial charge is 0.392 e. The lowest BCUT2D eigenvalue weighted by molar-refractivity contribution is 0.0567. The monoisotopic (exact) mass is 219 g/mol. The zero-order chi connectivity index (χ0) is 11.7. The second kappa shape index (κ2) is 9.09. The van der Waals surface area contributed by atoms with E-state index in [2.05, 4.69) is 19.2 Å². The molecule has 0 aromatic carbocycles. The Bertz CT molecular complexity index is 140. The van der Waals surface area contributed by atoms with Crippen molar-refractivity contribution in [2.45, 2.75) is 38.9 Å². The molecule has 0 radical (unpaired) electrons. The molecule has 2 atom stereocenters. The molecule has 92 valence electrons. The Morgan fingerprint density at radius 2 is 1.73 bits per heavy atom. The molecule has 0 saturated heterocycles. The highest BCUT2D eigenvalue weighted by atomic mass is 16.5. The summed E-state index contributed by atoms with van der Waals surface area (Å²) in [7, 11) is 1.56. The van der Waals surface area contributed by atoms with Crippen LogP contribution in [0.15, 0.2) is 0 Å². The zero-order valence-corrected chi connectivity index (χ0v) is 10.1. The van der Waals surface area contributed by atoms with E-state index >= 15 is 0 Å². The van der Waals surface area contributed by atoms with Gasteiger partial charge in [-0.2, -0.15) is 0 Å². The number of hydrogen-bond acceptors (Lipinski definition) is 4. The molecule has 0 fully saturated rings. The predicted octanol–water partition coefficient (Wildman–Crippen LogP) is 0.380. The summed E-state index contributed by atoms with van der Waals surface area (Å²) in [5, 5.41) is 22.2. The Morgan fingerprint density at radius 1 is 1.13 bits per heavy atom. The Morgan fingerprint density at radius 3 is 2.20 bits per heavy atom. The van der Waals surface area contributed by atoms with E-state index in [0.29, 0.717) is 25.6 Å². The molecule has 0 aliphatic heterocycles. The highest BCUT2D eigenvalue weighted by Crippen LogP contribution is 2.11. The van der Waals surface area contributed by atoms with Crippen molar-refractivity contribution in [3.05, 3.63) is 0 Å². The summed E-state index contributed by atoms with van der Waals surface area (Å²) in [5.74, 6) is 0.345. The quantitative estimate of drug-likeness (QED) is 0.525. The first-order valence-electron chi connectivity index (χ1n) is 5.71. The molecule has 0 aromatic rings. The van der Waals surface area contributed by atoms with Crippen LogP contribution >= 0.6 is 0 Å². The average molecular weight is 219 g/mol. The van der Waals surface area contributed by atoms with Gasteiger partial charge in [0.05, 0.1) is 18.8 Å². The van der Waals surface area contributed by atoms with E-state index in [9.17, 15) is 10.2 Å².